The van der Waals surface area contributed by atoms with Crippen molar-refractivity contribution in [2.24, 2.45) is 0 Å². The molecule has 1 aromatic rings. The van der Waals surface area contributed by atoms with Gasteiger partial charge in [0.2, 0.25) is 0 Å². The van der Waals surface area contributed by atoms with Crippen molar-refractivity contribution < 1.29 is 4.79 Å². The highest BCUT2D eigenvalue weighted by Crippen LogP contribution is 2.28. The first-order valence-electron chi connectivity index (χ1n) is 6.55. The predicted molar refractivity (Wildman–Crippen MR) is 84.9 cm³/mol. The van der Waals surface area contributed by atoms with Crippen molar-refractivity contribution in [1.82, 2.24) is 9.88 Å². The second-order valence-electron chi connectivity index (χ2n) is 5.54. The summed E-state index contributed by atoms with van der Waals surface area (Å²) in [5.74, 6) is 2.60. The Morgan fingerprint density at radius 1 is 1.55 bits per heavy atom. The molecule has 110 valence electrons. The predicted octanol–water partition coefficient (Wildman–Crippen LogP) is 2.42. The van der Waals surface area contributed by atoms with Crippen LogP contribution in [0.5, 0.6) is 0 Å². The Kier molecular flexibility index (Phi) is 5.40. The Bertz CT molecular complexity index is 510. The number of amides is 1. The molecule has 1 rings (SSSR count). The summed E-state index contributed by atoms with van der Waals surface area (Å²) in [4.78, 5) is 18.7. The van der Waals surface area contributed by atoms with Gasteiger partial charge >= 0.3 is 0 Å². The summed E-state index contributed by atoms with van der Waals surface area (Å²) in [6.07, 6.45) is 6.15. The number of aromatic nitrogens is 1. The van der Waals surface area contributed by atoms with E-state index in [0.717, 1.165) is 6.42 Å². The topological polar surface area (TPSA) is 71.2 Å². The molecule has 0 bridgehead atoms. The third kappa shape index (κ3) is 4.42. The Balaban J connectivity index is 2.95. The van der Waals surface area contributed by atoms with Crippen LogP contribution in [0.15, 0.2) is 0 Å². The third-order valence-corrected chi connectivity index (χ3v) is 3.37. The maximum atomic E-state index is 12.4. The Morgan fingerprint density at radius 3 is 2.70 bits per heavy atom. The lowest BCUT2D eigenvalue weighted by Crippen LogP contribution is -2.32. The van der Waals surface area contributed by atoms with E-state index >= 15 is 0 Å². The van der Waals surface area contributed by atoms with Crippen LogP contribution in [0, 0.1) is 12.3 Å². The van der Waals surface area contributed by atoms with Crippen LogP contribution in [0.2, 0.25) is 0 Å². The fourth-order valence-electron chi connectivity index (χ4n) is 1.64. The zero-order valence-electron chi connectivity index (χ0n) is 12.5. The number of hydrogen-bond donors (Lipinski definition) is 2. The van der Waals surface area contributed by atoms with Gasteiger partial charge in [-0.3, -0.25) is 4.79 Å². The van der Waals surface area contributed by atoms with Crippen molar-refractivity contribution in [3.05, 3.63) is 4.88 Å². The third-order valence-electron chi connectivity index (χ3n) is 2.39. The van der Waals surface area contributed by atoms with E-state index in [1.807, 2.05) is 27.7 Å². The molecule has 0 aliphatic heterocycles. The molecular weight excluding hydrogens is 272 g/mol. The number of thiazole rings is 1. The van der Waals surface area contributed by atoms with E-state index in [1.54, 1.807) is 4.90 Å². The van der Waals surface area contributed by atoms with Gasteiger partial charge in [-0.25, -0.2) is 4.98 Å². The van der Waals surface area contributed by atoms with E-state index in [1.165, 1.54) is 11.3 Å². The molecule has 6 heteroatoms. The molecule has 0 fully saturated rings. The number of nitrogens with two attached hydrogens (primary N) is 1. The van der Waals surface area contributed by atoms with Gasteiger partial charge in [0.1, 0.15) is 10.7 Å². The number of rotatable bonds is 5. The van der Waals surface area contributed by atoms with Crippen molar-refractivity contribution in [2.45, 2.75) is 39.7 Å². The van der Waals surface area contributed by atoms with Gasteiger partial charge in [0.15, 0.2) is 5.13 Å². The zero-order valence-corrected chi connectivity index (χ0v) is 13.3. The monoisotopic (exact) mass is 294 g/mol. The molecule has 0 spiro atoms. The first-order valence-corrected chi connectivity index (χ1v) is 7.37. The number of nitrogen functional groups attached to an aromatic ring is 1. The summed E-state index contributed by atoms with van der Waals surface area (Å²) >= 11 is 1.27. The van der Waals surface area contributed by atoms with Gasteiger partial charge in [0.25, 0.3) is 5.91 Å². The summed E-state index contributed by atoms with van der Waals surface area (Å²) in [5.41, 5.74) is 5.72. The SMILES string of the molecule is C#CCN(CCC)C(=O)c1sc(NC(C)(C)C)nc1N. The summed E-state index contributed by atoms with van der Waals surface area (Å²) < 4.78 is 0. The average molecular weight is 294 g/mol. The minimum Gasteiger partial charge on any atom is -0.382 e. The normalized spacial score (nSPS) is 10.9. The molecule has 20 heavy (non-hydrogen) atoms. The molecule has 0 aromatic carbocycles. The Labute approximate surface area is 124 Å². The van der Waals surface area contributed by atoms with E-state index in [4.69, 9.17) is 12.2 Å². The smallest absolute Gasteiger partial charge is 0.268 e. The van der Waals surface area contributed by atoms with Crippen LogP contribution < -0.4 is 11.1 Å². The molecule has 0 aliphatic rings. The second kappa shape index (κ2) is 6.62. The maximum Gasteiger partial charge on any atom is 0.268 e. The summed E-state index contributed by atoms with van der Waals surface area (Å²) in [6, 6.07) is 0. The number of anilines is 2. The number of carbonyl (C=O) groups is 1. The van der Waals surface area contributed by atoms with Gasteiger partial charge in [-0.1, -0.05) is 24.2 Å². The van der Waals surface area contributed by atoms with Gasteiger partial charge in [-0.05, 0) is 27.2 Å². The van der Waals surface area contributed by atoms with Crippen LogP contribution in [-0.4, -0.2) is 34.4 Å². The molecule has 0 saturated carbocycles. The first-order chi connectivity index (χ1) is 9.28. The molecule has 5 nitrogen and oxygen atoms in total. The van der Waals surface area contributed by atoms with Crippen molar-refractivity contribution in [1.29, 1.82) is 0 Å². The van der Waals surface area contributed by atoms with Crippen LogP contribution >= 0.6 is 11.3 Å². The first kappa shape index (κ1) is 16.3. The summed E-state index contributed by atoms with van der Waals surface area (Å²) in [5, 5.41) is 3.87. The minimum atomic E-state index is -0.151. The largest absolute Gasteiger partial charge is 0.382 e. The molecule has 3 N–H and O–H groups in total. The van der Waals surface area contributed by atoms with Crippen molar-refractivity contribution in [3.8, 4) is 12.3 Å². The summed E-state index contributed by atoms with van der Waals surface area (Å²) in [6.45, 7) is 8.96. The zero-order chi connectivity index (χ0) is 15.3. The minimum absolute atomic E-state index is 0.132. The molecule has 1 amide bonds. The summed E-state index contributed by atoms with van der Waals surface area (Å²) in [7, 11) is 0. The fraction of sp³-hybridized carbons (Fsp3) is 0.571. The molecule has 1 aromatic heterocycles. The fourth-order valence-corrected chi connectivity index (χ4v) is 2.70. The van der Waals surface area contributed by atoms with Crippen LogP contribution in [-0.2, 0) is 0 Å². The van der Waals surface area contributed by atoms with Crippen molar-refractivity contribution in [3.63, 3.8) is 0 Å². The Morgan fingerprint density at radius 2 is 2.20 bits per heavy atom. The quantitative estimate of drug-likeness (QED) is 0.818. The van der Waals surface area contributed by atoms with E-state index in [9.17, 15) is 4.79 Å². The average Bonchev–Trinajstić information content (AvgIpc) is 2.66. The van der Waals surface area contributed by atoms with Gasteiger partial charge in [-0.15, -0.1) is 6.42 Å². The maximum absolute atomic E-state index is 12.4. The number of terminal acetylenes is 1. The van der Waals surface area contributed by atoms with E-state index in [0.29, 0.717) is 16.6 Å². The van der Waals surface area contributed by atoms with Crippen molar-refractivity contribution in [2.75, 3.05) is 24.1 Å². The van der Waals surface area contributed by atoms with Crippen LogP contribution in [0.4, 0.5) is 10.9 Å². The Hall–Kier alpha value is -1.74. The van der Waals surface area contributed by atoms with Gasteiger partial charge in [0, 0.05) is 12.1 Å². The lowest BCUT2D eigenvalue weighted by atomic mass is 10.1. The standard InChI is InChI=1S/C14H22N4OS/c1-6-8-18(9-7-2)12(19)10-11(15)16-13(20-10)17-14(3,4)5/h1H,7-9,15H2,2-5H3,(H,16,17). The van der Waals surface area contributed by atoms with Gasteiger partial charge < -0.3 is 16.0 Å². The molecule has 0 radical (unpaired) electrons. The van der Waals surface area contributed by atoms with E-state index < -0.39 is 0 Å². The van der Waals surface area contributed by atoms with Crippen LogP contribution in [0.1, 0.15) is 43.8 Å². The number of nitrogens with one attached hydrogen (secondary N) is 1. The highest BCUT2D eigenvalue weighted by molar-refractivity contribution is 7.18. The highest BCUT2D eigenvalue weighted by atomic mass is 32.1. The molecule has 0 unspecified atom stereocenters. The van der Waals surface area contributed by atoms with Gasteiger partial charge in [0.05, 0.1) is 6.54 Å². The molecule has 1 heterocycles. The number of carbonyl (C=O) groups excluding carboxylic acids is 1. The van der Waals surface area contributed by atoms with Crippen molar-refractivity contribution >= 4 is 28.2 Å². The van der Waals surface area contributed by atoms with Crippen LogP contribution in [0.25, 0.3) is 0 Å². The molecule has 0 saturated heterocycles. The highest BCUT2D eigenvalue weighted by Gasteiger charge is 2.22. The van der Waals surface area contributed by atoms with E-state index in [-0.39, 0.29) is 23.8 Å². The number of nitrogens with zero attached hydrogens (tertiary/aromatic N) is 2. The number of hydrogen-bond acceptors (Lipinski definition) is 5. The second-order valence-corrected chi connectivity index (χ2v) is 6.54. The molecule has 0 aliphatic carbocycles. The van der Waals surface area contributed by atoms with E-state index in [2.05, 4.69) is 16.2 Å². The molecule has 0 atom stereocenters. The lowest BCUT2D eigenvalue weighted by molar-refractivity contribution is 0.0782. The lowest BCUT2D eigenvalue weighted by Gasteiger charge is -2.19. The van der Waals surface area contributed by atoms with Gasteiger partial charge in [-0.2, -0.15) is 0 Å². The van der Waals surface area contributed by atoms with Crippen LogP contribution in [0.3, 0.4) is 0 Å². The molecular formula is C14H22N4OS.